The van der Waals surface area contributed by atoms with Gasteiger partial charge in [-0.1, -0.05) is 36.4 Å². The van der Waals surface area contributed by atoms with Crippen molar-refractivity contribution in [2.45, 2.75) is 6.61 Å². The summed E-state index contributed by atoms with van der Waals surface area (Å²) in [6.07, 6.45) is 1.64. The summed E-state index contributed by atoms with van der Waals surface area (Å²) < 4.78 is 11.3. The van der Waals surface area contributed by atoms with Gasteiger partial charge in [-0.05, 0) is 65.4 Å². The average molecular weight is 461 g/mol. The van der Waals surface area contributed by atoms with E-state index in [1.54, 1.807) is 60.7 Å². The molecular formula is C25H19NO6S. The van der Waals surface area contributed by atoms with Crippen molar-refractivity contribution in [3.8, 4) is 11.5 Å². The van der Waals surface area contributed by atoms with E-state index in [0.29, 0.717) is 27.7 Å². The fourth-order valence-corrected chi connectivity index (χ4v) is 4.06. The van der Waals surface area contributed by atoms with Crippen molar-refractivity contribution in [1.82, 2.24) is 0 Å². The number of thioether (sulfide) groups is 1. The maximum Gasteiger partial charge on any atom is 0.335 e. The van der Waals surface area contributed by atoms with Crippen LogP contribution in [0.1, 0.15) is 21.5 Å². The molecule has 3 aromatic carbocycles. The molecule has 7 nitrogen and oxygen atoms in total. The zero-order chi connectivity index (χ0) is 23.4. The van der Waals surface area contributed by atoms with Gasteiger partial charge in [0.05, 0.1) is 23.3 Å². The molecule has 3 aromatic rings. The summed E-state index contributed by atoms with van der Waals surface area (Å²) in [7, 11) is 1.51. The number of ether oxygens (including phenoxy) is 2. The molecule has 0 bridgehead atoms. The first-order chi connectivity index (χ1) is 16.0. The molecule has 1 N–H and O–H groups in total. The topological polar surface area (TPSA) is 93.1 Å². The molecular weight excluding hydrogens is 442 g/mol. The maximum atomic E-state index is 12.8. The van der Waals surface area contributed by atoms with Crippen molar-refractivity contribution >= 4 is 40.6 Å². The van der Waals surface area contributed by atoms with Gasteiger partial charge in [0.15, 0.2) is 11.5 Å². The Balaban J connectivity index is 1.49. The summed E-state index contributed by atoms with van der Waals surface area (Å²) in [6, 6.07) is 20.4. The predicted octanol–water partition coefficient (Wildman–Crippen LogP) is 5.21. The number of carbonyl (C=O) groups excluding carboxylic acids is 2. The number of hydrogen-bond donors (Lipinski definition) is 1. The second-order valence-corrected chi connectivity index (χ2v) is 8.05. The van der Waals surface area contributed by atoms with E-state index in [2.05, 4.69) is 0 Å². The van der Waals surface area contributed by atoms with E-state index in [1.165, 1.54) is 19.2 Å². The lowest BCUT2D eigenvalue weighted by Crippen LogP contribution is -2.27. The van der Waals surface area contributed by atoms with Crippen LogP contribution in [0.4, 0.5) is 10.5 Å². The van der Waals surface area contributed by atoms with Crippen molar-refractivity contribution in [2.24, 2.45) is 0 Å². The highest BCUT2D eigenvalue weighted by Crippen LogP contribution is 2.37. The van der Waals surface area contributed by atoms with Gasteiger partial charge in [0, 0.05) is 0 Å². The lowest BCUT2D eigenvalue weighted by Gasteiger charge is -2.12. The summed E-state index contributed by atoms with van der Waals surface area (Å²) >= 11 is 0.884. The molecule has 0 spiro atoms. The number of amides is 2. The molecule has 0 radical (unpaired) electrons. The molecule has 0 aliphatic carbocycles. The standard InChI is InChI=1S/C25H19NO6S/c1-31-21-13-17(9-12-20(21)32-15-16-7-10-18(11-8-16)24(28)29)14-22-23(27)26(25(30)33-22)19-5-3-2-4-6-19/h2-14H,15H2,1H3,(H,28,29)/b22-14-. The largest absolute Gasteiger partial charge is 0.493 e. The Kier molecular flexibility index (Phi) is 6.46. The molecule has 33 heavy (non-hydrogen) atoms. The van der Waals surface area contributed by atoms with Crippen molar-refractivity contribution in [3.05, 3.63) is 94.4 Å². The van der Waals surface area contributed by atoms with Gasteiger partial charge < -0.3 is 14.6 Å². The molecule has 0 atom stereocenters. The smallest absolute Gasteiger partial charge is 0.335 e. The number of methoxy groups -OCH3 is 1. The minimum atomic E-state index is -0.985. The van der Waals surface area contributed by atoms with Crippen LogP contribution in [0.3, 0.4) is 0 Å². The van der Waals surface area contributed by atoms with Gasteiger partial charge in [0.1, 0.15) is 6.61 Å². The number of carboxylic acids is 1. The van der Waals surface area contributed by atoms with E-state index in [9.17, 15) is 14.4 Å². The molecule has 8 heteroatoms. The normalized spacial score (nSPS) is 14.6. The van der Waals surface area contributed by atoms with Crippen LogP contribution in [0.25, 0.3) is 6.08 Å². The molecule has 166 valence electrons. The zero-order valence-corrected chi connectivity index (χ0v) is 18.4. The molecule has 1 fully saturated rings. The first-order valence-electron chi connectivity index (χ1n) is 9.92. The van der Waals surface area contributed by atoms with E-state index in [-0.39, 0.29) is 23.3 Å². The van der Waals surface area contributed by atoms with E-state index < -0.39 is 5.97 Å². The van der Waals surface area contributed by atoms with Crippen LogP contribution >= 0.6 is 11.8 Å². The molecule has 1 saturated heterocycles. The highest BCUT2D eigenvalue weighted by atomic mass is 32.2. The Bertz CT molecular complexity index is 1240. The summed E-state index contributed by atoms with van der Waals surface area (Å²) in [5.41, 5.74) is 2.22. The van der Waals surface area contributed by atoms with Crippen LogP contribution in [0, 0.1) is 0 Å². The summed E-state index contributed by atoms with van der Waals surface area (Å²) in [4.78, 5) is 37.6. The lowest BCUT2D eigenvalue weighted by molar-refractivity contribution is -0.113. The van der Waals surface area contributed by atoms with E-state index in [4.69, 9.17) is 14.6 Å². The first kappa shape index (κ1) is 22.2. The number of rotatable bonds is 7. The molecule has 4 rings (SSSR count). The number of aromatic carboxylic acids is 1. The van der Waals surface area contributed by atoms with Gasteiger partial charge in [0.2, 0.25) is 0 Å². The fraction of sp³-hybridized carbons (Fsp3) is 0.0800. The Hall–Kier alpha value is -4.04. The lowest BCUT2D eigenvalue weighted by atomic mass is 10.1. The second-order valence-electron chi connectivity index (χ2n) is 7.05. The van der Waals surface area contributed by atoms with Crippen molar-refractivity contribution in [1.29, 1.82) is 0 Å². The minimum Gasteiger partial charge on any atom is -0.493 e. The van der Waals surface area contributed by atoms with Gasteiger partial charge in [0.25, 0.3) is 11.1 Å². The van der Waals surface area contributed by atoms with Crippen LogP contribution < -0.4 is 14.4 Å². The summed E-state index contributed by atoms with van der Waals surface area (Å²) in [5, 5.41) is 8.64. The number of imide groups is 1. The van der Waals surface area contributed by atoms with Crippen LogP contribution in [-0.4, -0.2) is 29.3 Å². The molecule has 0 saturated carbocycles. The van der Waals surface area contributed by atoms with Gasteiger partial charge in [-0.3, -0.25) is 9.59 Å². The van der Waals surface area contributed by atoms with E-state index >= 15 is 0 Å². The third-order valence-corrected chi connectivity index (χ3v) is 5.76. The van der Waals surface area contributed by atoms with Crippen LogP contribution in [0.5, 0.6) is 11.5 Å². The number of nitrogens with zero attached hydrogens (tertiary/aromatic N) is 1. The monoisotopic (exact) mass is 461 g/mol. The Morgan fingerprint density at radius 3 is 2.39 bits per heavy atom. The highest BCUT2D eigenvalue weighted by molar-refractivity contribution is 8.19. The number of hydrogen-bond acceptors (Lipinski definition) is 6. The second kappa shape index (κ2) is 9.62. The summed E-state index contributed by atoms with van der Waals surface area (Å²) in [6.45, 7) is 0.228. The third-order valence-electron chi connectivity index (χ3n) is 4.89. The van der Waals surface area contributed by atoms with Crippen LogP contribution in [0.15, 0.2) is 77.7 Å². The van der Waals surface area contributed by atoms with Crippen molar-refractivity contribution in [3.63, 3.8) is 0 Å². The minimum absolute atomic E-state index is 0.206. The van der Waals surface area contributed by atoms with Crippen LogP contribution in [0.2, 0.25) is 0 Å². The number of carbonyl (C=O) groups is 3. The summed E-state index contributed by atoms with van der Waals surface area (Å²) in [5.74, 6) is -0.399. The SMILES string of the molecule is COc1cc(/C=C2\SC(=O)N(c3ccccc3)C2=O)ccc1OCc1ccc(C(=O)O)cc1. The Morgan fingerprint density at radius 1 is 1.00 bits per heavy atom. The molecule has 1 heterocycles. The number of benzene rings is 3. The Morgan fingerprint density at radius 2 is 1.73 bits per heavy atom. The molecule has 0 aromatic heterocycles. The van der Waals surface area contributed by atoms with Gasteiger partial charge in [-0.25, -0.2) is 9.69 Å². The van der Waals surface area contributed by atoms with E-state index in [1.807, 2.05) is 6.07 Å². The highest BCUT2D eigenvalue weighted by Gasteiger charge is 2.36. The third kappa shape index (κ3) is 4.91. The molecule has 1 aliphatic rings. The predicted molar refractivity (Wildman–Crippen MR) is 126 cm³/mol. The van der Waals surface area contributed by atoms with Crippen LogP contribution in [-0.2, 0) is 11.4 Å². The van der Waals surface area contributed by atoms with Gasteiger partial charge in [-0.2, -0.15) is 0 Å². The van der Waals surface area contributed by atoms with Gasteiger partial charge >= 0.3 is 5.97 Å². The average Bonchev–Trinajstić information content (AvgIpc) is 3.11. The maximum absolute atomic E-state index is 12.8. The zero-order valence-electron chi connectivity index (χ0n) is 17.6. The quantitative estimate of drug-likeness (QED) is 0.483. The number of carboxylic acid groups (broad SMARTS) is 1. The molecule has 2 amide bonds. The van der Waals surface area contributed by atoms with Crippen molar-refractivity contribution < 1.29 is 29.0 Å². The molecule has 0 unspecified atom stereocenters. The van der Waals surface area contributed by atoms with Gasteiger partial charge in [-0.15, -0.1) is 0 Å². The number of anilines is 1. The Labute approximate surface area is 194 Å². The fourth-order valence-electron chi connectivity index (χ4n) is 3.22. The van der Waals surface area contributed by atoms with E-state index in [0.717, 1.165) is 22.2 Å². The number of para-hydroxylation sites is 1. The molecule has 1 aliphatic heterocycles. The van der Waals surface area contributed by atoms with Crippen molar-refractivity contribution in [2.75, 3.05) is 12.0 Å². The first-order valence-corrected chi connectivity index (χ1v) is 10.7.